The Labute approximate surface area is 58.8 Å². The van der Waals surface area contributed by atoms with Crippen molar-refractivity contribution < 1.29 is 19.4 Å². The molecule has 0 aromatic rings. The molecule has 1 atom stereocenters. The average molecular weight is 146 g/mol. The molecule has 4 nitrogen and oxygen atoms in total. The van der Waals surface area contributed by atoms with Crippen LogP contribution in [0.4, 0.5) is 0 Å². The lowest BCUT2D eigenvalue weighted by molar-refractivity contribution is -0.155. The molecule has 0 fully saturated rings. The monoisotopic (exact) mass is 146 g/mol. The molecule has 0 bridgehead atoms. The fourth-order valence-corrected chi connectivity index (χ4v) is 0.529. The van der Waals surface area contributed by atoms with Crippen molar-refractivity contribution in [2.75, 3.05) is 6.61 Å². The molecule has 0 heterocycles. The molecule has 0 amide bonds. The zero-order valence-corrected chi connectivity index (χ0v) is 5.96. The highest BCUT2D eigenvalue weighted by Gasteiger charge is 2.21. The lowest BCUT2D eigenvalue weighted by Crippen LogP contribution is -2.30. The predicted molar refractivity (Wildman–Crippen MR) is 33.7 cm³/mol. The molecule has 4 heteroatoms. The zero-order chi connectivity index (χ0) is 8.15. The molecule has 0 saturated carbocycles. The zero-order valence-electron chi connectivity index (χ0n) is 5.96. The topological polar surface area (TPSA) is 63.6 Å². The van der Waals surface area contributed by atoms with Crippen molar-refractivity contribution >= 4 is 11.8 Å². The van der Waals surface area contributed by atoms with Crippen LogP contribution >= 0.6 is 0 Å². The molecule has 0 aromatic carbocycles. The van der Waals surface area contributed by atoms with Crippen molar-refractivity contribution in [3.05, 3.63) is 0 Å². The van der Waals surface area contributed by atoms with Gasteiger partial charge in [-0.3, -0.25) is 4.79 Å². The summed E-state index contributed by atoms with van der Waals surface area (Å²) in [4.78, 5) is 20.7. The molecule has 0 rings (SSSR count). The first-order valence-electron chi connectivity index (χ1n) is 2.94. The van der Waals surface area contributed by atoms with E-state index in [4.69, 9.17) is 5.11 Å². The summed E-state index contributed by atoms with van der Waals surface area (Å²) in [5, 5.41) is 8.33. The summed E-state index contributed by atoms with van der Waals surface area (Å²) < 4.78 is 4.62. The van der Waals surface area contributed by atoms with Gasteiger partial charge in [0.2, 0.25) is 6.10 Å². The van der Waals surface area contributed by atoms with Crippen LogP contribution in [0.3, 0.4) is 0 Å². The quantitative estimate of drug-likeness (QED) is 0.570. The van der Waals surface area contributed by atoms with E-state index in [2.05, 4.69) is 4.74 Å². The van der Waals surface area contributed by atoms with Crippen LogP contribution in [0.5, 0.6) is 0 Å². The Bertz CT molecular complexity index is 127. The van der Waals surface area contributed by atoms with E-state index in [0.717, 1.165) is 0 Å². The van der Waals surface area contributed by atoms with Crippen molar-refractivity contribution in [1.82, 2.24) is 0 Å². The summed E-state index contributed by atoms with van der Waals surface area (Å²) in [6.07, 6.45) is -1.29. The smallest absolute Gasteiger partial charge is 0.340 e. The summed E-state index contributed by atoms with van der Waals surface area (Å²) in [6.45, 7) is 3.06. The highest BCUT2D eigenvalue weighted by Crippen LogP contribution is 1.92. The summed E-state index contributed by atoms with van der Waals surface area (Å²) >= 11 is 0. The number of carboxylic acid groups (broad SMARTS) is 1. The molecule has 0 saturated heterocycles. The van der Waals surface area contributed by atoms with Crippen molar-refractivity contribution in [2.45, 2.75) is 20.0 Å². The molecular weight excluding hydrogens is 136 g/mol. The van der Waals surface area contributed by atoms with Gasteiger partial charge < -0.3 is 9.84 Å². The first-order valence-corrected chi connectivity index (χ1v) is 2.94. The first-order chi connectivity index (χ1) is 4.59. The van der Waals surface area contributed by atoms with E-state index in [-0.39, 0.29) is 6.61 Å². The summed E-state index contributed by atoms with van der Waals surface area (Å²) in [6, 6.07) is 0. The van der Waals surface area contributed by atoms with Gasteiger partial charge in [0, 0.05) is 6.61 Å². The molecule has 0 aromatic heterocycles. The maximum absolute atomic E-state index is 10.5. The second-order valence-electron chi connectivity index (χ2n) is 1.78. The normalized spacial score (nSPS) is 12.6. The van der Waals surface area contributed by atoms with E-state index < -0.39 is 17.9 Å². The highest BCUT2D eigenvalue weighted by atomic mass is 16.5. The SMILES string of the molecule is CCOC(C(C)=O)C(=O)O. The molecule has 0 aliphatic rings. The predicted octanol–water partition coefficient (Wildman–Crippen LogP) is 0.0651. The van der Waals surface area contributed by atoms with Crippen LogP contribution in [0.1, 0.15) is 13.8 Å². The van der Waals surface area contributed by atoms with Crippen molar-refractivity contribution in [1.29, 1.82) is 0 Å². The number of ether oxygens (including phenoxy) is 1. The van der Waals surface area contributed by atoms with Gasteiger partial charge in [0.1, 0.15) is 0 Å². The Morgan fingerprint density at radius 3 is 2.20 bits per heavy atom. The fraction of sp³-hybridized carbons (Fsp3) is 0.667. The van der Waals surface area contributed by atoms with Gasteiger partial charge in [0.05, 0.1) is 0 Å². The van der Waals surface area contributed by atoms with Gasteiger partial charge in [-0.15, -0.1) is 0 Å². The van der Waals surface area contributed by atoms with Gasteiger partial charge in [-0.1, -0.05) is 0 Å². The number of aliphatic carboxylic acids is 1. The van der Waals surface area contributed by atoms with E-state index in [9.17, 15) is 9.59 Å². The molecule has 0 aliphatic carbocycles. The lowest BCUT2D eigenvalue weighted by atomic mass is 10.2. The number of hydrogen-bond acceptors (Lipinski definition) is 3. The standard InChI is InChI=1S/C6H10O4/c1-3-10-5(4(2)7)6(8)9/h5H,3H2,1-2H3,(H,8,9). The molecule has 10 heavy (non-hydrogen) atoms. The first kappa shape index (κ1) is 9.10. The maximum atomic E-state index is 10.5. The van der Waals surface area contributed by atoms with Crippen molar-refractivity contribution in [3.8, 4) is 0 Å². The summed E-state index contributed by atoms with van der Waals surface area (Å²) in [5.41, 5.74) is 0. The minimum atomic E-state index is -1.29. The lowest BCUT2D eigenvalue weighted by Gasteiger charge is -2.06. The second kappa shape index (κ2) is 4.00. The number of rotatable bonds is 4. The van der Waals surface area contributed by atoms with Crippen LogP contribution in [0, 0.1) is 0 Å². The van der Waals surface area contributed by atoms with Gasteiger partial charge in [-0.25, -0.2) is 4.79 Å². The third-order valence-electron chi connectivity index (χ3n) is 0.927. The molecule has 0 spiro atoms. The van der Waals surface area contributed by atoms with E-state index in [1.54, 1.807) is 6.92 Å². The summed E-state index contributed by atoms with van der Waals surface area (Å²) in [7, 11) is 0. The molecule has 1 unspecified atom stereocenters. The number of ketones is 1. The molecule has 0 radical (unpaired) electrons. The third kappa shape index (κ3) is 2.59. The van der Waals surface area contributed by atoms with Crippen molar-refractivity contribution in [3.63, 3.8) is 0 Å². The summed E-state index contributed by atoms with van der Waals surface area (Å²) in [5.74, 6) is -1.70. The van der Waals surface area contributed by atoms with Gasteiger partial charge in [0.25, 0.3) is 0 Å². The Hall–Kier alpha value is -0.900. The minimum Gasteiger partial charge on any atom is -0.479 e. The Morgan fingerprint density at radius 1 is 1.60 bits per heavy atom. The van der Waals surface area contributed by atoms with E-state index in [1.807, 2.05) is 0 Å². The van der Waals surface area contributed by atoms with E-state index in [1.165, 1.54) is 6.92 Å². The second-order valence-corrected chi connectivity index (χ2v) is 1.78. The van der Waals surface area contributed by atoms with Gasteiger partial charge in [-0.2, -0.15) is 0 Å². The van der Waals surface area contributed by atoms with Crippen molar-refractivity contribution in [2.24, 2.45) is 0 Å². The number of carboxylic acids is 1. The molecule has 0 aliphatic heterocycles. The van der Waals surface area contributed by atoms with Crippen LogP contribution in [0.25, 0.3) is 0 Å². The van der Waals surface area contributed by atoms with Crippen LogP contribution in [0.15, 0.2) is 0 Å². The molecule has 58 valence electrons. The van der Waals surface area contributed by atoms with E-state index in [0.29, 0.717) is 0 Å². The number of hydrogen-bond donors (Lipinski definition) is 1. The fourth-order valence-electron chi connectivity index (χ4n) is 0.529. The van der Waals surface area contributed by atoms with Gasteiger partial charge in [0.15, 0.2) is 5.78 Å². The van der Waals surface area contributed by atoms with Gasteiger partial charge >= 0.3 is 5.97 Å². The third-order valence-corrected chi connectivity index (χ3v) is 0.927. The number of Topliss-reactive ketones (excluding diaryl/α,β-unsaturated/α-hetero) is 1. The van der Waals surface area contributed by atoms with Crippen LogP contribution in [0.2, 0.25) is 0 Å². The average Bonchev–Trinajstić information content (AvgIpc) is 1.81. The largest absolute Gasteiger partial charge is 0.479 e. The van der Waals surface area contributed by atoms with Gasteiger partial charge in [-0.05, 0) is 13.8 Å². The Kier molecular flexibility index (Phi) is 3.64. The highest BCUT2D eigenvalue weighted by molar-refractivity contribution is 5.99. The Morgan fingerprint density at radius 2 is 2.10 bits per heavy atom. The maximum Gasteiger partial charge on any atom is 0.340 e. The number of carbonyl (C=O) groups excluding carboxylic acids is 1. The van der Waals surface area contributed by atoms with E-state index >= 15 is 0 Å². The van der Waals surface area contributed by atoms with Crippen LogP contribution in [-0.2, 0) is 14.3 Å². The van der Waals surface area contributed by atoms with Crippen LogP contribution < -0.4 is 0 Å². The van der Waals surface area contributed by atoms with Crippen LogP contribution in [-0.4, -0.2) is 29.6 Å². The number of carbonyl (C=O) groups is 2. The molecule has 1 N–H and O–H groups in total. The minimum absolute atomic E-state index is 0.233. The Balaban J connectivity index is 3.98. The molecular formula is C6H10O4.